The molecule has 0 fully saturated rings. The summed E-state index contributed by atoms with van der Waals surface area (Å²) < 4.78 is 6.42. The predicted molar refractivity (Wildman–Crippen MR) is 126 cm³/mol. The Balaban J connectivity index is 1.81. The molecule has 0 radical (unpaired) electrons. The molecule has 0 aliphatic carbocycles. The summed E-state index contributed by atoms with van der Waals surface area (Å²) in [5, 5.41) is 3.01. The predicted octanol–water partition coefficient (Wildman–Crippen LogP) is 5.01. The highest BCUT2D eigenvalue weighted by Crippen LogP contribution is 2.26. The van der Waals surface area contributed by atoms with E-state index in [0.717, 1.165) is 12.8 Å². The van der Waals surface area contributed by atoms with Crippen molar-refractivity contribution in [3.05, 3.63) is 63.1 Å². The monoisotopic (exact) mass is 511 g/mol. The summed E-state index contributed by atoms with van der Waals surface area (Å²) in [4.78, 5) is 24.4. The van der Waals surface area contributed by atoms with Gasteiger partial charge in [-0.25, -0.2) is 0 Å². The van der Waals surface area contributed by atoms with Gasteiger partial charge < -0.3 is 4.74 Å². The lowest BCUT2D eigenvalue weighted by atomic mass is 10.2. The number of ether oxygens (including phenoxy) is 1. The first-order valence-corrected chi connectivity index (χ1v) is 11.1. The van der Waals surface area contributed by atoms with Crippen LogP contribution in [0.2, 0.25) is 5.02 Å². The zero-order valence-corrected chi connectivity index (χ0v) is 19.6. The van der Waals surface area contributed by atoms with E-state index >= 15 is 0 Å². The second-order valence-corrected chi connectivity index (χ2v) is 8.12. The molecule has 2 aromatic rings. The molecule has 0 bridgehead atoms. The fraction of sp³-hybridized carbons (Fsp3) is 0.286. The maximum absolute atomic E-state index is 12.4. The fourth-order valence-electron chi connectivity index (χ4n) is 2.46. The molecule has 9 heteroatoms. The lowest BCUT2D eigenvalue weighted by Gasteiger charge is -2.12. The Labute approximate surface area is 194 Å². The molecule has 0 unspecified atom stereocenters. The molecule has 0 aromatic heterocycles. The quantitative estimate of drug-likeness (QED) is 0.263. The number of halogens is 2. The van der Waals surface area contributed by atoms with Crippen LogP contribution in [0.15, 0.2) is 46.9 Å². The summed E-state index contributed by atoms with van der Waals surface area (Å²) in [6.45, 7) is 2.79. The highest BCUT2D eigenvalue weighted by Gasteiger charge is 2.12. The number of benzene rings is 2. The number of unbranched alkanes of at least 4 members (excludes halogenated alkanes) is 3. The maximum atomic E-state index is 12.4. The highest BCUT2D eigenvalue weighted by atomic mass is 79.9. The van der Waals surface area contributed by atoms with Gasteiger partial charge in [-0.1, -0.05) is 37.8 Å². The Morgan fingerprint density at radius 3 is 2.37 bits per heavy atom. The van der Waals surface area contributed by atoms with Crippen LogP contribution >= 0.6 is 39.7 Å². The van der Waals surface area contributed by atoms with Crippen molar-refractivity contribution in [3.8, 4) is 5.75 Å². The molecular weight excluding hydrogens is 490 g/mol. The first kappa shape index (κ1) is 24.1. The molecule has 0 saturated heterocycles. The van der Waals surface area contributed by atoms with Crippen LogP contribution in [0.1, 0.15) is 53.3 Å². The molecule has 0 aliphatic rings. The van der Waals surface area contributed by atoms with E-state index in [0.29, 0.717) is 33.0 Å². The zero-order valence-electron chi connectivity index (χ0n) is 16.5. The first-order chi connectivity index (χ1) is 14.4. The summed E-state index contributed by atoms with van der Waals surface area (Å²) in [5.74, 6) is -0.145. The number of carbonyl (C=O) groups is 2. The topological polar surface area (TPSA) is 79.5 Å². The van der Waals surface area contributed by atoms with Crippen molar-refractivity contribution in [1.29, 1.82) is 0 Å². The van der Waals surface area contributed by atoms with Crippen LogP contribution in [0.25, 0.3) is 0 Å². The molecule has 0 spiro atoms. The van der Waals surface area contributed by atoms with Crippen molar-refractivity contribution in [2.75, 3.05) is 6.61 Å². The summed E-state index contributed by atoms with van der Waals surface area (Å²) in [5.41, 5.74) is 5.71. The summed E-state index contributed by atoms with van der Waals surface area (Å²) in [6, 6.07) is 11.4. The zero-order chi connectivity index (χ0) is 21.9. The summed E-state index contributed by atoms with van der Waals surface area (Å²) in [6.07, 6.45) is 4.49. The lowest BCUT2D eigenvalue weighted by molar-refractivity contribution is 0.0934. The van der Waals surface area contributed by atoms with Gasteiger partial charge in [0.05, 0.1) is 11.1 Å². The van der Waals surface area contributed by atoms with E-state index in [9.17, 15) is 9.59 Å². The number of thiocarbonyl (C=S) groups is 1. The van der Waals surface area contributed by atoms with Gasteiger partial charge in [0.25, 0.3) is 11.8 Å². The minimum absolute atomic E-state index is 0.0327. The second kappa shape index (κ2) is 12.5. The molecule has 0 heterocycles. The Kier molecular flexibility index (Phi) is 10.1. The van der Waals surface area contributed by atoms with Crippen molar-refractivity contribution in [2.45, 2.75) is 32.6 Å². The molecule has 0 atom stereocenters. The molecule has 6 nitrogen and oxygen atoms in total. The van der Waals surface area contributed by atoms with E-state index < -0.39 is 11.8 Å². The van der Waals surface area contributed by atoms with Crippen molar-refractivity contribution >= 4 is 56.7 Å². The molecule has 0 aliphatic heterocycles. The molecule has 2 aromatic carbocycles. The van der Waals surface area contributed by atoms with Crippen LogP contribution in [0.3, 0.4) is 0 Å². The van der Waals surface area contributed by atoms with Gasteiger partial charge in [0, 0.05) is 16.1 Å². The van der Waals surface area contributed by atoms with Crippen LogP contribution < -0.4 is 20.9 Å². The Bertz CT molecular complexity index is 894. The molecule has 0 saturated carbocycles. The largest absolute Gasteiger partial charge is 0.492 e. The van der Waals surface area contributed by atoms with Crippen LogP contribution in [0.5, 0.6) is 5.75 Å². The van der Waals surface area contributed by atoms with Gasteiger partial charge in [-0.2, -0.15) is 0 Å². The number of carbonyl (C=O) groups excluding carboxylic acids is 2. The van der Waals surface area contributed by atoms with E-state index in [1.165, 1.54) is 12.8 Å². The minimum Gasteiger partial charge on any atom is -0.492 e. The van der Waals surface area contributed by atoms with Crippen molar-refractivity contribution in [3.63, 3.8) is 0 Å². The number of rotatable bonds is 8. The molecule has 160 valence electrons. The van der Waals surface area contributed by atoms with Gasteiger partial charge >= 0.3 is 0 Å². The number of hydrazine groups is 1. The second-order valence-electron chi connectivity index (χ2n) is 6.42. The van der Waals surface area contributed by atoms with Gasteiger partial charge in [-0.3, -0.25) is 25.8 Å². The highest BCUT2D eigenvalue weighted by molar-refractivity contribution is 9.10. The number of hydrogen-bond donors (Lipinski definition) is 3. The van der Waals surface area contributed by atoms with Gasteiger partial charge in [0.1, 0.15) is 5.75 Å². The van der Waals surface area contributed by atoms with Crippen LogP contribution in [-0.4, -0.2) is 23.5 Å². The molecule has 3 N–H and O–H groups in total. The van der Waals surface area contributed by atoms with E-state index in [4.69, 9.17) is 28.6 Å². The van der Waals surface area contributed by atoms with Crippen molar-refractivity contribution < 1.29 is 14.3 Å². The number of nitrogens with one attached hydrogen (secondary N) is 3. The SMILES string of the molecule is CCCCCCOc1ccc(C(=O)NC(=S)NNC(=O)c2ccc(Cl)cc2)cc1Br. The molecule has 2 amide bonds. The van der Waals surface area contributed by atoms with Crippen LogP contribution in [0, 0.1) is 0 Å². The van der Waals surface area contributed by atoms with E-state index in [1.807, 2.05) is 0 Å². The smallest absolute Gasteiger partial charge is 0.269 e. The van der Waals surface area contributed by atoms with Crippen molar-refractivity contribution in [2.24, 2.45) is 0 Å². The van der Waals surface area contributed by atoms with Crippen LogP contribution in [-0.2, 0) is 0 Å². The van der Waals surface area contributed by atoms with Gasteiger partial charge in [-0.05, 0) is 77.0 Å². The van der Waals surface area contributed by atoms with E-state index in [1.54, 1.807) is 42.5 Å². The molecular formula is C21H23BrClN3O3S. The third-order valence-corrected chi connectivity index (χ3v) is 5.15. The Morgan fingerprint density at radius 1 is 1.00 bits per heavy atom. The van der Waals surface area contributed by atoms with Crippen molar-refractivity contribution in [1.82, 2.24) is 16.2 Å². The molecule has 30 heavy (non-hydrogen) atoms. The average Bonchev–Trinajstić information content (AvgIpc) is 2.73. The number of amides is 2. The Hall–Kier alpha value is -2.16. The first-order valence-electron chi connectivity index (χ1n) is 9.50. The Morgan fingerprint density at radius 2 is 1.70 bits per heavy atom. The van der Waals surface area contributed by atoms with Gasteiger partial charge in [-0.15, -0.1) is 0 Å². The summed E-state index contributed by atoms with van der Waals surface area (Å²) in [7, 11) is 0. The van der Waals surface area contributed by atoms with Crippen LogP contribution in [0.4, 0.5) is 0 Å². The van der Waals surface area contributed by atoms with Gasteiger partial charge in [0.15, 0.2) is 5.11 Å². The third kappa shape index (κ3) is 7.93. The third-order valence-electron chi connectivity index (χ3n) is 4.07. The minimum atomic E-state index is -0.413. The summed E-state index contributed by atoms with van der Waals surface area (Å²) >= 11 is 14.3. The van der Waals surface area contributed by atoms with Gasteiger partial charge in [0.2, 0.25) is 0 Å². The average molecular weight is 513 g/mol. The fourth-order valence-corrected chi connectivity index (χ4v) is 3.23. The molecule has 2 rings (SSSR count). The number of hydrogen-bond acceptors (Lipinski definition) is 4. The standard InChI is InChI=1S/C21H23BrClN3O3S/c1-2-3-4-5-12-29-18-11-8-15(13-17(18)22)19(27)24-21(30)26-25-20(28)14-6-9-16(23)10-7-14/h6-11,13H,2-5,12H2,1H3,(H,25,28)(H2,24,26,27,30). The lowest BCUT2D eigenvalue weighted by Crippen LogP contribution is -2.48. The maximum Gasteiger partial charge on any atom is 0.269 e. The van der Waals surface area contributed by atoms with E-state index in [-0.39, 0.29) is 5.11 Å². The van der Waals surface area contributed by atoms with E-state index in [2.05, 4.69) is 39.0 Å². The normalized spacial score (nSPS) is 10.2.